The first-order chi connectivity index (χ1) is 21.3. The minimum Gasteiger partial charge on any atom is -0.455 e. The lowest BCUT2D eigenvalue weighted by atomic mass is 9.42. The number of fused-ring (bicyclic) bond motifs is 3. The Morgan fingerprint density at radius 2 is 1.16 bits per heavy atom. The average Bonchev–Trinajstić information content (AvgIpc) is 3.02. The molecule has 1 heterocycles. The van der Waals surface area contributed by atoms with Crippen LogP contribution in [0.1, 0.15) is 94.9 Å². The molecule has 10 rings (SSSR count). The van der Waals surface area contributed by atoms with Gasteiger partial charge in [0.1, 0.15) is 5.75 Å². The van der Waals surface area contributed by atoms with Gasteiger partial charge in [-0.15, -0.1) is 0 Å². The molecule has 0 unspecified atom stereocenters. The van der Waals surface area contributed by atoms with Crippen LogP contribution in [0.25, 0.3) is 0 Å². The van der Waals surface area contributed by atoms with Gasteiger partial charge in [0.2, 0.25) is 0 Å². The van der Waals surface area contributed by atoms with Crippen LogP contribution in [0.4, 0.5) is 17.1 Å². The van der Waals surface area contributed by atoms with Gasteiger partial charge in [0.05, 0.1) is 11.4 Å². The lowest BCUT2D eigenvalue weighted by molar-refractivity contribution is -0.0451. The third-order valence-electron chi connectivity index (χ3n) is 12.7. The van der Waals surface area contributed by atoms with Gasteiger partial charge in [-0.05, 0) is 121 Å². The Morgan fingerprint density at radius 3 is 1.89 bits per heavy atom. The molecule has 0 N–H and O–H groups in total. The van der Waals surface area contributed by atoms with Crippen LogP contribution in [-0.2, 0) is 16.2 Å². The van der Waals surface area contributed by atoms with E-state index in [0.29, 0.717) is 11.8 Å². The molecule has 4 aromatic rings. The third kappa shape index (κ3) is 3.60. The first-order valence-corrected chi connectivity index (χ1v) is 17.2. The van der Waals surface area contributed by atoms with Crippen molar-refractivity contribution in [3.63, 3.8) is 0 Å². The van der Waals surface area contributed by atoms with Crippen molar-refractivity contribution >= 4 is 17.1 Å². The van der Waals surface area contributed by atoms with Gasteiger partial charge in [0.15, 0.2) is 5.75 Å². The van der Waals surface area contributed by atoms with E-state index < -0.39 is 0 Å². The van der Waals surface area contributed by atoms with E-state index in [9.17, 15) is 0 Å². The zero-order valence-electron chi connectivity index (χ0n) is 26.8. The minimum absolute atomic E-state index is 0.0351. The Labute approximate surface area is 263 Å². The molecule has 0 saturated heterocycles. The molecular formula is C42H45NO. The van der Waals surface area contributed by atoms with Crippen molar-refractivity contribution in [1.29, 1.82) is 0 Å². The van der Waals surface area contributed by atoms with Crippen LogP contribution >= 0.6 is 0 Å². The number of ether oxygens (including phenoxy) is 1. The summed E-state index contributed by atoms with van der Waals surface area (Å²) >= 11 is 0. The molecule has 5 aliphatic carbocycles. The first-order valence-electron chi connectivity index (χ1n) is 17.2. The Bertz CT molecular complexity index is 1740. The molecule has 0 aromatic heterocycles. The fourth-order valence-electron chi connectivity index (χ4n) is 11.0. The highest BCUT2D eigenvalue weighted by molar-refractivity contribution is 5.85. The highest BCUT2D eigenvalue weighted by Gasteiger charge is 2.61. The molecule has 0 atom stereocenters. The van der Waals surface area contributed by atoms with E-state index in [1.54, 1.807) is 0 Å². The second-order valence-corrected chi connectivity index (χ2v) is 16.1. The molecule has 224 valence electrons. The Morgan fingerprint density at radius 1 is 0.568 bits per heavy atom. The van der Waals surface area contributed by atoms with E-state index in [4.69, 9.17) is 4.74 Å². The monoisotopic (exact) mass is 579 g/mol. The van der Waals surface area contributed by atoms with Crippen LogP contribution in [0.5, 0.6) is 11.5 Å². The van der Waals surface area contributed by atoms with E-state index >= 15 is 0 Å². The van der Waals surface area contributed by atoms with Crippen LogP contribution in [0, 0.1) is 23.7 Å². The molecule has 2 heteroatoms. The maximum absolute atomic E-state index is 7.16. The summed E-state index contributed by atoms with van der Waals surface area (Å²) in [5, 5.41) is 0. The second-order valence-electron chi connectivity index (χ2n) is 16.1. The number of benzene rings is 4. The average molecular weight is 580 g/mol. The van der Waals surface area contributed by atoms with Gasteiger partial charge in [0, 0.05) is 22.2 Å². The van der Waals surface area contributed by atoms with Crippen LogP contribution in [-0.4, -0.2) is 0 Å². The van der Waals surface area contributed by atoms with Crippen molar-refractivity contribution in [3.8, 4) is 11.5 Å². The van der Waals surface area contributed by atoms with E-state index in [-0.39, 0.29) is 16.2 Å². The highest BCUT2D eigenvalue weighted by Crippen LogP contribution is 2.70. The number of hydrogen-bond acceptors (Lipinski definition) is 2. The van der Waals surface area contributed by atoms with Crippen LogP contribution < -0.4 is 9.64 Å². The predicted octanol–water partition coefficient (Wildman–Crippen LogP) is 11.4. The Kier molecular flexibility index (Phi) is 5.65. The van der Waals surface area contributed by atoms with Gasteiger partial charge in [-0.2, -0.15) is 0 Å². The van der Waals surface area contributed by atoms with E-state index in [2.05, 4.69) is 124 Å². The lowest BCUT2D eigenvalue weighted by Crippen LogP contribution is -2.57. The smallest absolute Gasteiger partial charge is 0.155 e. The van der Waals surface area contributed by atoms with Gasteiger partial charge in [-0.1, -0.05) is 88.4 Å². The summed E-state index contributed by atoms with van der Waals surface area (Å²) in [6, 6.07) is 34.2. The standard InChI is InChI=1S/C42H45NO/c1-40(2)20-21-41(3,4)38-33(40)15-10-17-35(38)43(31-12-6-5-7-13-31)36-18-11-16-34-39(36)44-37-19-9-8-14-32(37)42(34)29-23-27-22-28(25-29)26-30(42)24-27/h5-19,27-30H,20-26H2,1-4H3. The Hall–Kier alpha value is -3.52. The maximum Gasteiger partial charge on any atom is 0.155 e. The zero-order valence-corrected chi connectivity index (χ0v) is 26.8. The number of nitrogens with zero attached hydrogens (tertiary/aromatic N) is 1. The van der Waals surface area contributed by atoms with Crippen molar-refractivity contribution in [2.75, 3.05) is 4.90 Å². The van der Waals surface area contributed by atoms with Crippen molar-refractivity contribution in [2.45, 2.75) is 88.9 Å². The Balaban J connectivity index is 1.32. The van der Waals surface area contributed by atoms with Crippen molar-refractivity contribution in [2.24, 2.45) is 23.7 Å². The molecule has 2 nitrogen and oxygen atoms in total. The molecular weight excluding hydrogens is 534 g/mol. The fourth-order valence-corrected chi connectivity index (χ4v) is 11.0. The summed E-state index contributed by atoms with van der Waals surface area (Å²) in [6.07, 6.45) is 9.30. The predicted molar refractivity (Wildman–Crippen MR) is 181 cm³/mol. The van der Waals surface area contributed by atoms with Gasteiger partial charge in [-0.3, -0.25) is 0 Å². The van der Waals surface area contributed by atoms with Crippen molar-refractivity contribution in [1.82, 2.24) is 0 Å². The van der Waals surface area contributed by atoms with Crippen LogP contribution in [0.3, 0.4) is 0 Å². The number of anilines is 3. The zero-order chi connectivity index (χ0) is 29.8. The van der Waals surface area contributed by atoms with Crippen molar-refractivity contribution < 1.29 is 4.74 Å². The minimum atomic E-state index is 0.0351. The second kappa shape index (κ2) is 9.25. The van der Waals surface area contributed by atoms with E-state index in [1.807, 2.05) is 0 Å². The lowest BCUT2D eigenvalue weighted by Gasteiger charge is -2.63. The summed E-state index contributed by atoms with van der Waals surface area (Å²) < 4.78 is 7.16. The maximum atomic E-state index is 7.16. The molecule has 6 aliphatic rings. The summed E-state index contributed by atoms with van der Waals surface area (Å²) in [5.74, 6) is 5.34. The van der Waals surface area contributed by atoms with Crippen molar-refractivity contribution in [3.05, 3.63) is 113 Å². The van der Waals surface area contributed by atoms with Crippen LogP contribution in [0.2, 0.25) is 0 Å². The molecule has 0 amide bonds. The molecule has 4 bridgehead atoms. The van der Waals surface area contributed by atoms with Gasteiger partial charge in [-0.25, -0.2) is 0 Å². The summed E-state index contributed by atoms with van der Waals surface area (Å²) in [5.41, 5.74) is 9.75. The summed E-state index contributed by atoms with van der Waals surface area (Å²) in [4.78, 5) is 2.54. The van der Waals surface area contributed by atoms with E-state index in [0.717, 1.165) is 23.3 Å². The van der Waals surface area contributed by atoms with Gasteiger partial charge >= 0.3 is 0 Å². The summed E-state index contributed by atoms with van der Waals surface area (Å²) in [7, 11) is 0. The van der Waals surface area contributed by atoms with Crippen LogP contribution in [0.15, 0.2) is 91.0 Å². The number of hydrogen-bond donors (Lipinski definition) is 0. The molecule has 44 heavy (non-hydrogen) atoms. The van der Waals surface area contributed by atoms with Gasteiger partial charge < -0.3 is 9.64 Å². The van der Waals surface area contributed by atoms with E-state index in [1.165, 1.54) is 84.3 Å². The molecule has 4 saturated carbocycles. The topological polar surface area (TPSA) is 12.5 Å². The molecule has 1 spiro atoms. The normalized spacial score (nSPS) is 29.8. The molecule has 0 radical (unpaired) electrons. The van der Waals surface area contributed by atoms with Gasteiger partial charge in [0.25, 0.3) is 0 Å². The SMILES string of the molecule is CC1(C)CCC(C)(C)c2c(N(c3ccccc3)c3cccc4c3Oc3ccccc3C43C4CC5CC(C4)CC3C5)cccc21. The third-order valence-corrected chi connectivity index (χ3v) is 12.7. The highest BCUT2D eigenvalue weighted by atomic mass is 16.5. The molecule has 4 aromatic carbocycles. The number of rotatable bonds is 3. The first kappa shape index (κ1) is 26.8. The largest absolute Gasteiger partial charge is 0.455 e. The fraction of sp³-hybridized carbons (Fsp3) is 0.429. The molecule has 1 aliphatic heterocycles. The quantitative estimate of drug-likeness (QED) is 0.239. The molecule has 4 fully saturated rings. The summed E-state index contributed by atoms with van der Waals surface area (Å²) in [6.45, 7) is 9.76. The number of para-hydroxylation sites is 3.